The van der Waals surface area contributed by atoms with E-state index in [9.17, 15) is 0 Å². The number of hydrogen-bond donors (Lipinski definition) is 0. The normalized spacial score (nSPS) is 10.3. The van der Waals surface area contributed by atoms with Crippen LogP contribution < -0.4 is 28.3 Å². The maximum Gasteiger partial charge on any atom is 1.00 e. The van der Waals surface area contributed by atoms with Crippen LogP contribution in [0.5, 0.6) is 11.5 Å². The Morgan fingerprint density at radius 2 is 1.38 bits per heavy atom. The monoisotopic (exact) mass is 215 g/mol. The van der Waals surface area contributed by atoms with Crippen molar-refractivity contribution in [1.82, 2.24) is 0 Å². The third-order valence-electron chi connectivity index (χ3n) is 1.80. The van der Waals surface area contributed by atoms with E-state index in [1.807, 2.05) is 18.2 Å². The summed E-state index contributed by atoms with van der Waals surface area (Å²) >= 11 is 0. The van der Waals surface area contributed by atoms with Gasteiger partial charge < -0.3 is 14.8 Å². The summed E-state index contributed by atoms with van der Waals surface area (Å²) in [6.45, 7) is 6.16. The van der Waals surface area contributed by atoms with Crippen molar-refractivity contribution in [3.63, 3.8) is 0 Å². The molecule has 0 unspecified atom stereocenters. The Hall–Kier alpha value is -0.783. The summed E-state index contributed by atoms with van der Waals surface area (Å²) in [6.07, 6.45) is 0. The second-order valence-corrected chi connectivity index (χ2v) is 4.35. The van der Waals surface area contributed by atoms with E-state index in [2.05, 4.69) is 26.1 Å². The molecule has 1 rings (SSSR count). The quantitative estimate of drug-likeness (QED) is 0.688. The van der Waals surface area contributed by atoms with Crippen molar-refractivity contribution in [2.24, 2.45) is 0 Å². The Balaban J connectivity index is 0.00000225. The minimum Gasteiger partial charge on any atom is -0.679 e. The van der Waals surface area contributed by atoms with Gasteiger partial charge in [-0.1, -0.05) is 20.8 Å². The second-order valence-electron chi connectivity index (χ2n) is 4.35. The van der Waals surface area contributed by atoms with E-state index in [0.29, 0.717) is 0 Å². The van der Waals surface area contributed by atoms with Crippen LogP contribution in [0.1, 0.15) is 20.8 Å². The van der Waals surface area contributed by atoms with Crippen molar-refractivity contribution in [1.29, 1.82) is 0 Å². The molecule has 3 nitrogen and oxygen atoms in total. The van der Waals surface area contributed by atoms with Crippen molar-refractivity contribution < 1.29 is 28.3 Å². The summed E-state index contributed by atoms with van der Waals surface area (Å²) < 4.78 is 10.3. The summed E-state index contributed by atoms with van der Waals surface area (Å²) in [7, 11) is 3.27. The fourth-order valence-corrected chi connectivity index (χ4v) is 1.24. The third kappa shape index (κ3) is 4.83. The maximum atomic E-state index is 5.17. The van der Waals surface area contributed by atoms with Gasteiger partial charge in [0, 0.05) is 6.07 Å². The summed E-state index contributed by atoms with van der Waals surface area (Å²) in [4.78, 5) is 0. The molecule has 84 valence electrons. The predicted molar refractivity (Wildman–Crippen MR) is 62.3 cm³/mol. The van der Waals surface area contributed by atoms with Crippen molar-refractivity contribution >= 4 is 5.69 Å². The molecule has 16 heavy (non-hydrogen) atoms. The minimum atomic E-state index is -0.0998. The first-order chi connectivity index (χ1) is 6.94. The molecule has 0 aliphatic rings. The van der Waals surface area contributed by atoms with Gasteiger partial charge in [-0.25, -0.2) is 0 Å². The molecule has 1 aromatic rings. The molecule has 0 aromatic heterocycles. The van der Waals surface area contributed by atoms with E-state index in [1.165, 1.54) is 0 Å². The molecule has 0 saturated heterocycles. The van der Waals surface area contributed by atoms with Gasteiger partial charge >= 0.3 is 18.9 Å². The van der Waals surface area contributed by atoms with Gasteiger partial charge in [-0.2, -0.15) is 0 Å². The second kappa shape index (κ2) is 6.08. The van der Waals surface area contributed by atoms with Gasteiger partial charge in [0.25, 0.3) is 0 Å². The van der Waals surface area contributed by atoms with Crippen LogP contribution in [-0.4, -0.2) is 19.8 Å². The molecule has 0 heterocycles. The number of nitrogens with zero attached hydrogens (tertiary/aromatic N) is 1. The Kier molecular flexibility index (Phi) is 5.78. The average Bonchev–Trinajstić information content (AvgIpc) is 2.14. The summed E-state index contributed by atoms with van der Waals surface area (Å²) in [5.74, 6) is 1.52. The predicted octanol–water partition coefficient (Wildman–Crippen LogP) is 0.511. The summed E-state index contributed by atoms with van der Waals surface area (Å²) in [5, 5.41) is 4.55. The van der Waals surface area contributed by atoms with Crippen LogP contribution in [0.25, 0.3) is 5.32 Å². The molecule has 0 aliphatic carbocycles. The molecule has 1 aromatic carbocycles. The van der Waals surface area contributed by atoms with Gasteiger partial charge in [-0.3, -0.25) is 0 Å². The van der Waals surface area contributed by atoms with Crippen LogP contribution in [0, 0.1) is 0 Å². The zero-order valence-electron chi connectivity index (χ0n) is 11.0. The number of rotatable bonds is 3. The molecule has 0 atom stereocenters. The molecular weight excluding hydrogens is 197 g/mol. The van der Waals surface area contributed by atoms with Gasteiger partial charge in [-0.05, 0) is 12.1 Å². The molecule has 0 fully saturated rings. The van der Waals surface area contributed by atoms with Crippen LogP contribution in [0.3, 0.4) is 0 Å². The number of ether oxygens (including phenoxy) is 2. The SMILES string of the molecule is COc1cc([N-]C(C)(C)C)cc(OC)c1.[Li+]. The number of hydrogen-bond acceptors (Lipinski definition) is 2. The molecule has 4 heteroatoms. The van der Waals surface area contributed by atoms with Crippen LogP contribution >= 0.6 is 0 Å². The third-order valence-corrected chi connectivity index (χ3v) is 1.80. The Morgan fingerprint density at radius 3 is 1.69 bits per heavy atom. The first-order valence-electron chi connectivity index (χ1n) is 4.90. The van der Waals surface area contributed by atoms with Gasteiger partial charge in [0.05, 0.1) is 14.2 Å². The molecule has 0 bridgehead atoms. The Bertz CT molecular complexity index is 312. The Morgan fingerprint density at radius 1 is 0.938 bits per heavy atom. The fourth-order valence-electron chi connectivity index (χ4n) is 1.24. The summed E-state index contributed by atoms with van der Waals surface area (Å²) in [6, 6.07) is 5.63. The molecule has 0 spiro atoms. The van der Waals surface area contributed by atoms with Gasteiger partial charge in [0.15, 0.2) is 0 Å². The molecule has 0 saturated carbocycles. The minimum absolute atomic E-state index is 0. The van der Waals surface area contributed by atoms with Crippen LogP contribution in [0.4, 0.5) is 5.69 Å². The van der Waals surface area contributed by atoms with Crippen molar-refractivity contribution in [3.8, 4) is 11.5 Å². The van der Waals surface area contributed by atoms with E-state index in [1.54, 1.807) is 14.2 Å². The fraction of sp³-hybridized carbons (Fsp3) is 0.500. The topological polar surface area (TPSA) is 32.6 Å². The van der Waals surface area contributed by atoms with Gasteiger partial charge in [0.1, 0.15) is 11.5 Å². The largest absolute Gasteiger partial charge is 1.00 e. The summed E-state index contributed by atoms with van der Waals surface area (Å²) in [5.41, 5.74) is 0.774. The van der Waals surface area contributed by atoms with Crippen molar-refractivity contribution in [2.75, 3.05) is 14.2 Å². The first-order valence-corrected chi connectivity index (χ1v) is 4.90. The molecular formula is C12H18LiNO2. The zero-order chi connectivity index (χ0) is 11.5. The molecule has 0 amide bonds. The van der Waals surface area contributed by atoms with Crippen molar-refractivity contribution in [2.45, 2.75) is 26.3 Å². The van der Waals surface area contributed by atoms with E-state index >= 15 is 0 Å². The number of benzene rings is 1. The van der Waals surface area contributed by atoms with Gasteiger partial charge in [-0.15, -0.1) is 11.2 Å². The maximum absolute atomic E-state index is 5.17. The van der Waals surface area contributed by atoms with Crippen LogP contribution in [0.2, 0.25) is 0 Å². The van der Waals surface area contributed by atoms with E-state index in [4.69, 9.17) is 9.47 Å². The van der Waals surface area contributed by atoms with E-state index in [-0.39, 0.29) is 24.4 Å². The van der Waals surface area contributed by atoms with Gasteiger partial charge in [0.2, 0.25) is 0 Å². The van der Waals surface area contributed by atoms with Crippen LogP contribution in [0.15, 0.2) is 18.2 Å². The van der Waals surface area contributed by atoms with E-state index in [0.717, 1.165) is 17.2 Å². The van der Waals surface area contributed by atoms with Crippen molar-refractivity contribution in [3.05, 3.63) is 23.5 Å². The average molecular weight is 215 g/mol. The van der Waals surface area contributed by atoms with E-state index < -0.39 is 0 Å². The zero-order valence-corrected chi connectivity index (χ0v) is 11.0. The smallest absolute Gasteiger partial charge is 0.679 e. The number of methoxy groups -OCH3 is 2. The Labute approximate surface area is 110 Å². The first kappa shape index (κ1) is 15.2. The molecule has 0 N–H and O–H groups in total. The molecule has 0 aliphatic heterocycles. The molecule has 0 radical (unpaired) electrons. The van der Waals surface area contributed by atoms with Crippen LogP contribution in [-0.2, 0) is 0 Å². The standard InChI is InChI=1S/C12H18NO2.Li/c1-12(2,3)13-9-6-10(14-4)8-11(7-9)15-5;/h6-8H,1-5H3;/q-1;+1.